The molecule has 2 saturated heterocycles. The predicted molar refractivity (Wildman–Crippen MR) is 81.6 cm³/mol. The van der Waals surface area contributed by atoms with Crippen LogP contribution in [0.2, 0.25) is 0 Å². The SMILES string of the molecule is O=C1CCN(C(=O)CN2CCN(c3nccs3)CC2)CC1. The second kappa shape index (κ2) is 6.53. The van der Waals surface area contributed by atoms with Crippen LogP contribution in [0.4, 0.5) is 5.13 Å². The fraction of sp³-hybridized carbons (Fsp3) is 0.643. The van der Waals surface area contributed by atoms with Gasteiger partial charge in [0.15, 0.2) is 5.13 Å². The summed E-state index contributed by atoms with van der Waals surface area (Å²) >= 11 is 1.66. The summed E-state index contributed by atoms with van der Waals surface area (Å²) < 4.78 is 0. The molecule has 1 aromatic rings. The number of piperazine rings is 1. The molecule has 3 heterocycles. The van der Waals surface area contributed by atoms with Crippen LogP contribution in [-0.2, 0) is 9.59 Å². The number of hydrogen-bond acceptors (Lipinski definition) is 6. The molecule has 114 valence electrons. The molecular weight excluding hydrogens is 288 g/mol. The van der Waals surface area contributed by atoms with Crippen molar-refractivity contribution in [3.05, 3.63) is 11.6 Å². The lowest BCUT2D eigenvalue weighted by atomic mass is 10.1. The number of carbonyl (C=O) groups excluding carboxylic acids is 2. The van der Waals surface area contributed by atoms with Crippen LogP contribution in [-0.4, -0.2) is 72.3 Å². The minimum Gasteiger partial charge on any atom is -0.346 e. The normalized spacial score (nSPS) is 20.9. The molecule has 2 fully saturated rings. The Balaban J connectivity index is 1.44. The number of rotatable bonds is 3. The van der Waals surface area contributed by atoms with Crippen molar-refractivity contribution >= 4 is 28.2 Å². The number of nitrogens with zero attached hydrogens (tertiary/aromatic N) is 4. The van der Waals surface area contributed by atoms with Gasteiger partial charge in [-0.2, -0.15) is 0 Å². The van der Waals surface area contributed by atoms with E-state index in [0.717, 1.165) is 31.3 Å². The van der Waals surface area contributed by atoms with Crippen molar-refractivity contribution in [1.82, 2.24) is 14.8 Å². The Labute approximate surface area is 128 Å². The van der Waals surface area contributed by atoms with Gasteiger partial charge in [-0.3, -0.25) is 14.5 Å². The van der Waals surface area contributed by atoms with E-state index < -0.39 is 0 Å². The Morgan fingerprint density at radius 2 is 1.86 bits per heavy atom. The molecule has 2 aliphatic heterocycles. The summed E-state index contributed by atoms with van der Waals surface area (Å²) in [6, 6.07) is 0. The minimum atomic E-state index is 0.158. The van der Waals surface area contributed by atoms with Gasteiger partial charge in [0, 0.05) is 63.7 Å². The Morgan fingerprint density at radius 3 is 2.48 bits per heavy atom. The van der Waals surface area contributed by atoms with E-state index in [1.54, 1.807) is 11.3 Å². The third-order valence-electron chi connectivity index (χ3n) is 4.09. The van der Waals surface area contributed by atoms with Crippen molar-refractivity contribution in [3.8, 4) is 0 Å². The lowest BCUT2D eigenvalue weighted by Gasteiger charge is -2.35. The van der Waals surface area contributed by atoms with Crippen LogP contribution in [0.3, 0.4) is 0 Å². The standard InChI is InChI=1S/C14H20N4O2S/c19-12-1-4-17(5-2-12)13(20)11-16-6-8-18(9-7-16)14-15-3-10-21-14/h3,10H,1-2,4-9,11H2. The molecule has 0 atom stereocenters. The molecule has 0 aromatic carbocycles. The molecular formula is C14H20N4O2S. The zero-order valence-electron chi connectivity index (χ0n) is 12.0. The van der Waals surface area contributed by atoms with Gasteiger partial charge < -0.3 is 9.80 Å². The maximum Gasteiger partial charge on any atom is 0.236 e. The van der Waals surface area contributed by atoms with E-state index in [1.807, 2.05) is 16.5 Å². The molecule has 7 heteroatoms. The topological polar surface area (TPSA) is 56.8 Å². The quantitative estimate of drug-likeness (QED) is 0.812. The second-order valence-electron chi connectivity index (χ2n) is 5.50. The summed E-state index contributed by atoms with van der Waals surface area (Å²) in [6.07, 6.45) is 2.86. The number of anilines is 1. The molecule has 0 spiro atoms. The first-order chi connectivity index (χ1) is 10.2. The number of piperidine rings is 1. The number of carbonyl (C=O) groups is 2. The van der Waals surface area contributed by atoms with Gasteiger partial charge in [0.2, 0.25) is 5.91 Å². The van der Waals surface area contributed by atoms with Gasteiger partial charge in [0.25, 0.3) is 0 Å². The van der Waals surface area contributed by atoms with Gasteiger partial charge in [-0.1, -0.05) is 0 Å². The highest BCUT2D eigenvalue weighted by atomic mass is 32.1. The van der Waals surface area contributed by atoms with Gasteiger partial charge in [0.1, 0.15) is 5.78 Å². The number of aromatic nitrogens is 1. The average Bonchev–Trinajstić information content (AvgIpc) is 3.03. The number of hydrogen-bond donors (Lipinski definition) is 0. The lowest BCUT2D eigenvalue weighted by Crippen LogP contribution is -2.51. The molecule has 0 aliphatic carbocycles. The fourth-order valence-electron chi connectivity index (χ4n) is 2.77. The van der Waals surface area contributed by atoms with Crippen LogP contribution in [0, 0.1) is 0 Å². The molecule has 3 rings (SSSR count). The summed E-state index contributed by atoms with van der Waals surface area (Å²) in [7, 11) is 0. The Hall–Kier alpha value is -1.47. The van der Waals surface area contributed by atoms with E-state index >= 15 is 0 Å². The summed E-state index contributed by atoms with van der Waals surface area (Å²) in [5.74, 6) is 0.432. The first-order valence-electron chi connectivity index (χ1n) is 7.38. The highest BCUT2D eigenvalue weighted by molar-refractivity contribution is 7.13. The third-order valence-corrected chi connectivity index (χ3v) is 4.93. The largest absolute Gasteiger partial charge is 0.346 e. The van der Waals surface area contributed by atoms with Crippen molar-refractivity contribution < 1.29 is 9.59 Å². The molecule has 1 aromatic heterocycles. The number of Topliss-reactive ketones (excluding diaryl/α,β-unsaturated/α-hetero) is 1. The zero-order chi connectivity index (χ0) is 14.7. The predicted octanol–water partition coefficient (Wildman–Crippen LogP) is 0.457. The lowest BCUT2D eigenvalue weighted by molar-refractivity contribution is -0.135. The smallest absolute Gasteiger partial charge is 0.236 e. The molecule has 0 unspecified atom stereocenters. The van der Waals surface area contributed by atoms with Gasteiger partial charge in [0.05, 0.1) is 6.54 Å². The van der Waals surface area contributed by atoms with Crippen LogP contribution < -0.4 is 4.90 Å². The van der Waals surface area contributed by atoms with E-state index in [4.69, 9.17) is 0 Å². The average molecular weight is 308 g/mol. The summed E-state index contributed by atoms with van der Waals surface area (Å²) in [5.41, 5.74) is 0. The number of amides is 1. The maximum absolute atomic E-state index is 12.2. The molecule has 21 heavy (non-hydrogen) atoms. The molecule has 6 nitrogen and oxygen atoms in total. The van der Waals surface area contributed by atoms with Gasteiger partial charge in [-0.05, 0) is 0 Å². The van der Waals surface area contributed by atoms with E-state index in [9.17, 15) is 9.59 Å². The van der Waals surface area contributed by atoms with Gasteiger partial charge in [-0.25, -0.2) is 4.98 Å². The maximum atomic E-state index is 12.2. The number of likely N-dealkylation sites (tertiary alicyclic amines) is 1. The fourth-order valence-corrected chi connectivity index (χ4v) is 3.46. The van der Waals surface area contributed by atoms with Crippen molar-refractivity contribution in [2.45, 2.75) is 12.8 Å². The molecule has 1 amide bonds. The van der Waals surface area contributed by atoms with Crippen molar-refractivity contribution in [1.29, 1.82) is 0 Å². The van der Waals surface area contributed by atoms with E-state index in [2.05, 4.69) is 14.8 Å². The Bertz CT molecular complexity index is 487. The van der Waals surface area contributed by atoms with Gasteiger partial charge in [-0.15, -0.1) is 11.3 Å². The van der Waals surface area contributed by atoms with Crippen molar-refractivity contribution in [3.63, 3.8) is 0 Å². The van der Waals surface area contributed by atoms with E-state index in [0.29, 0.717) is 32.5 Å². The summed E-state index contributed by atoms with van der Waals surface area (Å²) in [4.78, 5) is 34.1. The Morgan fingerprint density at radius 1 is 1.14 bits per heavy atom. The molecule has 0 bridgehead atoms. The molecule has 0 N–H and O–H groups in total. The van der Waals surface area contributed by atoms with E-state index in [1.165, 1.54) is 0 Å². The molecule has 2 aliphatic rings. The number of thiazole rings is 1. The van der Waals surface area contributed by atoms with Crippen LogP contribution >= 0.6 is 11.3 Å². The monoisotopic (exact) mass is 308 g/mol. The molecule has 0 saturated carbocycles. The number of ketones is 1. The summed E-state index contributed by atoms with van der Waals surface area (Å²) in [6.45, 7) is 5.27. The van der Waals surface area contributed by atoms with Crippen molar-refractivity contribution in [2.75, 3.05) is 50.7 Å². The van der Waals surface area contributed by atoms with Crippen LogP contribution in [0.5, 0.6) is 0 Å². The van der Waals surface area contributed by atoms with Crippen molar-refractivity contribution in [2.24, 2.45) is 0 Å². The van der Waals surface area contributed by atoms with Crippen LogP contribution in [0.25, 0.3) is 0 Å². The first kappa shape index (κ1) is 14.5. The van der Waals surface area contributed by atoms with Crippen LogP contribution in [0.1, 0.15) is 12.8 Å². The van der Waals surface area contributed by atoms with Gasteiger partial charge >= 0.3 is 0 Å². The third kappa shape index (κ3) is 3.59. The van der Waals surface area contributed by atoms with E-state index in [-0.39, 0.29) is 11.7 Å². The highest BCUT2D eigenvalue weighted by Crippen LogP contribution is 2.18. The zero-order valence-corrected chi connectivity index (χ0v) is 12.8. The highest BCUT2D eigenvalue weighted by Gasteiger charge is 2.25. The summed E-state index contributed by atoms with van der Waals surface area (Å²) in [5, 5.41) is 3.05. The second-order valence-corrected chi connectivity index (χ2v) is 6.37. The van der Waals surface area contributed by atoms with Crippen LogP contribution in [0.15, 0.2) is 11.6 Å². The Kier molecular flexibility index (Phi) is 4.50. The first-order valence-corrected chi connectivity index (χ1v) is 8.26. The minimum absolute atomic E-state index is 0.158. The molecule has 0 radical (unpaired) electrons.